The van der Waals surface area contributed by atoms with E-state index < -0.39 is 0 Å². The van der Waals surface area contributed by atoms with E-state index in [9.17, 15) is 9.90 Å². The summed E-state index contributed by atoms with van der Waals surface area (Å²) >= 11 is 3.25. The molecular formula is C12H10BrNO2. The lowest BCUT2D eigenvalue weighted by Gasteiger charge is -2.05. The van der Waals surface area contributed by atoms with E-state index in [4.69, 9.17) is 0 Å². The number of phenols is 1. The number of nitrogens with one attached hydrogen (secondary N) is 1. The van der Waals surface area contributed by atoms with Crippen LogP contribution in [0.1, 0.15) is 6.92 Å². The van der Waals surface area contributed by atoms with Gasteiger partial charge in [-0.1, -0.05) is 6.07 Å². The Bertz CT molecular complexity index is 566. The van der Waals surface area contributed by atoms with Gasteiger partial charge in [0, 0.05) is 12.6 Å². The quantitative estimate of drug-likeness (QED) is 0.842. The second kappa shape index (κ2) is 4.14. The average Bonchev–Trinajstić information content (AvgIpc) is 2.19. The zero-order valence-corrected chi connectivity index (χ0v) is 10.2. The van der Waals surface area contributed by atoms with E-state index in [1.807, 2.05) is 18.2 Å². The Kier molecular flexibility index (Phi) is 2.83. The molecule has 4 heteroatoms. The molecule has 82 valence electrons. The summed E-state index contributed by atoms with van der Waals surface area (Å²) in [6, 6.07) is 9.01. The Balaban J connectivity index is 2.53. The first-order valence-electron chi connectivity index (χ1n) is 4.76. The molecule has 0 aliphatic carbocycles. The molecule has 0 aliphatic rings. The Labute approximate surface area is 101 Å². The van der Waals surface area contributed by atoms with Gasteiger partial charge >= 0.3 is 0 Å². The monoisotopic (exact) mass is 279 g/mol. The fourth-order valence-corrected chi connectivity index (χ4v) is 1.90. The summed E-state index contributed by atoms with van der Waals surface area (Å²) in [6.07, 6.45) is 0. The van der Waals surface area contributed by atoms with Crippen molar-refractivity contribution in [1.82, 2.24) is 0 Å². The Hall–Kier alpha value is -1.55. The lowest BCUT2D eigenvalue weighted by molar-refractivity contribution is -0.114. The molecule has 0 aliphatic heterocycles. The second-order valence-corrected chi connectivity index (χ2v) is 4.40. The molecule has 0 spiro atoms. The van der Waals surface area contributed by atoms with Crippen molar-refractivity contribution >= 4 is 38.3 Å². The number of benzene rings is 2. The number of anilines is 1. The summed E-state index contributed by atoms with van der Waals surface area (Å²) in [5.41, 5.74) is 0.748. The largest absolute Gasteiger partial charge is 0.507 e. The molecule has 2 rings (SSSR count). The molecule has 3 nitrogen and oxygen atoms in total. The molecular weight excluding hydrogens is 270 g/mol. The smallest absolute Gasteiger partial charge is 0.221 e. The average molecular weight is 280 g/mol. The van der Waals surface area contributed by atoms with Crippen molar-refractivity contribution in [1.29, 1.82) is 0 Å². The topological polar surface area (TPSA) is 49.3 Å². The van der Waals surface area contributed by atoms with Crippen LogP contribution in [0.3, 0.4) is 0 Å². The number of fused-ring (bicyclic) bond motifs is 1. The van der Waals surface area contributed by atoms with Gasteiger partial charge in [-0.15, -0.1) is 0 Å². The third-order valence-corrected chi connectivity index (χ3v) is 2.86. The maximum Gasteiger partial charge on any atom is 0.221 e. The third-order valence-electron chi connectivity index (χ3n) is 2.23. The van der Waals surface area contributed by atoms with E-state index in [0.717, 1.165) is 16.5 Å². The number of halogens is 1. The summed E-state index contributed by atoms with van der Waals surface area (Å²) in [5.74, 6) is 0.108. The van der Waals surface area contributed by atoms with Gasteiger partial charge in [-0.05, 0) is 51.0 Å². The first-order valence-corrected chi connectivity index (χ1v) is 5.55. The van der Waals surface area contributed by atoms with Crippen LogP contribution in [0.25, 0.3) is 10.8 Å². The molecule has 0 aromatic heterocycles. The zero-order valence-electron chi connectivity index (χ0n) is 8.62. The van der Waals surface area contributed by atoms with E-state index in [0.29, 0.717) is 4.47 Å². The van der Waals surface area contributed by atoms with E-state index >= 15 is 0 Å². The van der Waals surface area contributed by atoms with Gasteiger partial charge in [0.05, 0.1) is 4.47 Å². The van der Waals surface area contributed by atoms with Gasteiger partial charge in [0.2, 0.25) is 5.91 Å². The lowest BCUT2D eigenvalue weighted by atomic mass is 10.1. The van der Waals surface area contributed by atoms with Gasteiger partial charge in [0.1, 0.15) is 5.75 Å². The standard InChI is InChI=1S/C12H10BrNO2/c1-7(15)14-10-3-2-8-6-12(16)11(13)5-9(8)4-10/h2-6,16H,1H3,(H,14,15). The van der Waals surface area contributed by atoms with Crippen molar-refractivity contribution in [3.63, 3.8) is 0 Å². The Morgan fingerprint density at radius 2 is 2.00 bits per heavy atom. The molecule has 0 unspecified atom stereocenters. The van der Waals surface area contributed by atoms with Crippen LogP contribution in [0.4, 0.5) is 5.69 Å². The highest BCUT2D eigenvalue weighted by Gasteiger charge is 2.02. The lowest BCUT2D eigenvalue weighted by Crippen LogP contribution is -2.05. The van der Waals surface area contributed by atoms with Crippen molar-refractivity contribution in [3.05, 3.63) is 34.8 Å². The molecule has 2 N–H and O–H groups in total. The maximum atomic E-state index is 10.9. The molecule has 0 saturated carbocycles. The highest BCUT2D eigenvalue weighted by molar-refractivity contribution is 9.10. The van der Waals surface area contributed by atoms with Crippen LogP contribution < -0.4 is 5.32 Å². The van der Waals surface area contributed by atoms with Crippen molar-refractivity contribution in [2.24, 2.45) is 0 Å². The van der Waals surface area contributed by atoms with Crippen LogP contribution in [0.5, 0.6) is 5.75 Å². The SMILES string of the molecule is CC(=O)Nc1ccc2cc(O)c(Br)cc2c1. The minimum absolute atomic E-state index is 0.0998. The zero-order chi connectivity index (χ0) is 11.7. The van der Waals surface area contributed by atoms with Gasteiger partial charge in [0.15, 0.2) is 0 Å². The van der Waals surface area contributed by atoms with E-state index in [1.165, 1.54) is 6.92 Å². The molecule has 1 amide bonds. The normalized spacial score (nSPS) is 10.4. The molecule has 0 heterocycles. The van der Waals surface area contributed by atoms with E-state index in [1.54, 1.807) is 12.1 Å². The Morgan fingerprint density at radius 1 is 1.25 bits per heavy atom. The van der Waals surface area contributed by atoms with Crippen molar-refractivity contribution in [2.45, 2.75) is 6.92 Å². The molecule has 16 heavy (non-hydrogen) atoms. The highest BCUT2D eigenvalue weighted by Crippen LogP contribution is 2.30. The van der Waals surface area contributed by atoms with Crippen LogP contribution in [0.15, 0.2) is 34.8 Å². The second-order valence-electron chi connectivity index (χ2n) is 3.55. The van der Waals surface area contributed by atoms with Crippen molar-refractivity contribution < 1.29 is 9.90 Å². The van der Waals surface area contributed by atoms with Gasteiger partial charge in [-0.3, -0.25) is 4.79 Å². The van der Waals surface area contributed by atoms with Gasteiger partial charge in [-0.2, -0.15) is 0 Å². The first-order chi connectivity index (χ1) is 7.56. The number of carbonyl (C=O) groups excluding carboxylic acids is 1. The number of rotatable bonds is 1. The molecule has 0 radical (unpaired) electrons. The Morgan fingerprint density at radius 3 is 2.69 bits per heavy atom. The number of hydrogen-bond donors (Lipinski definition) is 2. The van der Waals surface area contributed by atoms with Gasteiger partial charge < -0.3 is 10.4 Å². The first kappa shape index (κ1) is 11.0. The van der Waals surface area contributed by atoms with Crippen molar-refractivity contribution in [3.8, 4) is 5.75 Å². The molecule has 2 aromatic carbocycles. The maximum absolute atomic E-state index is 10.9. The summed E-state index contributed by atoms with van der Waals surface area (Å²) < 4.78 is 0.639. The van der Waals surface area contributed by atoms with Crippen LogP contribution in [-0.4, -0.2) is 11.0 Å². The molecule has 0 fully saturated rings. The fraction of sp³-hybridized carbons (Fsp3) is 0.0833. The molecule has 0 atom stereocenters. The van der Waals surface area contributed by atoms with Gasteiger partial charge in [0.25, 0.3) is 0 Å². The molecule has 0 bridgehead atoms. The number of carbonyl (C=O) groups is 1. The highest BCUT2D eigenvalue weighted by atomic mass is 79.9. The van der Waals surface area contributed by atoms with Crippen LogP contribution in [-0.2, 0) is 4.79 Å². The number of aromatic hydroxyl groups is 1. The van der Waals surface area contributed by atoms with E-state index in [-0.39, 0.29) is 11.7 Å². The molecule has 0 saturated heterocycles. The van der Waals surface area contributed by atoms with E-state index in [2.05, 4.69) is 21.2 Å². The summed E-state index contributed by atoms with van der Waals surface area (Å²) in [4.78, 5) is 10.9. The summed E-state index contributed by atoms with van der Waals surface area (Å²) in [6.45, 7) is 1.47. The van der Waals surface area contributed by atoms with Crippen LogP contribution >= 0.6 is 15.9 Å². The van der Waals surface area contributed by atoms with Crippen molar-refractivity contribution in [2.75, 3.05) is 5.32 Å². The predicted octanol–water partition coefficient (Wildman–Crippen LogP) is 3.27. The predicted molar refractivity (Wildman–Crippen MR) is 67.6 cm³/mol. The molecule has 2 aromatic rings. The van der Waals surface area contributed by atoms with Crippen LogP contribution in [0.2, 0.25) is 0 Å². The van der Waals surface area contributed by atoms with Crippen LogP contribution in [0, 0.1) is 0 Å². The summed E-state index contributed by atoms with van der Waals surface area (Å²) in [5, 5.41) is 14.1. The third kappa shape index (κ3) is 2.17. The number of hydrogen-bond acceptors (Lipinski definition) is 2. The van der Waals surface area contributed by atoms with Gasteiger partial charge in [-0.25, -0.2) is 0 Å². The minimum atomic E-state index is -0.0998. The number of amides is 1. The fourth-order valence-electron chi connectivity index (χ4n) is 1.54. The minimum Gasteiger partial charge on any atom is -0.507 e. The number of phenolic OH excluding ortho intramolecular Hbond substituents is 1. The summed E-state index contributed by atoms with van der Waals surface area (Å²) in [7, 11) is 0.